The van der Waals surface area contributed by atoms with E-state index in [-0.39, 0.29) is 18.2 Å². The second-order valence-corrected chi connectivity index (χ2v) is 4.55. The number of hydrogen-bond acceptors (Lipinski definition) is 4. The lowest BCUT2D eigenvalue weighted by molar-refractivity contribution is -0.168. The Morgan fingerprint density at radius 2 is 1.62 bits per heavy atom. The molecule has 0 saturated carbocycles. The number of hydrogen-bond donors (Lipinski definition) is 0. The molecule has 16 heavy (non-hydrogen) atoms. The average molecular weight is 232 g/mol. The Bertz CT molecular complexity index is 201. The van der Waals surface area contributed by atoms with Crippen molar-refractivity contribution >= 4 is 5.97 Å². The predicted molar refractivity (Wildman–Crippen MR) is 62.3 cm³/mol. The van der Waals surface area contributed by atoms with E-state index in [1.807, 2.05) is 13.8 Å². The van der Waals surface area contributed by atoms with E-state index in [9.17, 15) is 4.79 Å². The van der Waals surface area contributed by atoms with Gasteiger partial charge in [-0.05, 0) is 26.2 Å². The van der Waals surface area contributed by atoms with E-state index in [0.717, 1.165) is 6.42 Å². The fourth-order valence-corrected chi connectivity index (χ4v) is 1.51. The molecule has 0 spiro atoms. The third-order valence-corrected chi connectivity index (χ3v) is 2.18. The van der Waals surface area contributed by atoms with Crippen LogP contribution < -0.4 is 0 Å². The highest BCUT2D eigenvalue weighted by Crippen LogP contribution is 2.15. The number of esters is 1. The molecule has 0 aromatic heterocycles. The molecule has 0 aromatic carbocycles. The summed E-state index contributed by atoms with van der Waals surface area (Å²) in [6.45, 7) is 7.78. The highest BCUT2D eigenvalue weighted by molar-refractivity contribution is 5.75. The van der Waals surface area contributed by atoms with Gasteiger partial charge in [0.25, 0.3) is 0 Å². The molecule has 0 radical (unpaired) electrons. The first kappa shape index (κ1) is 15.4. The van der Waals surface area contributed by atoms with Crippen LogP contribution in [0.3, 0.4) is 0 Å². The van der Waals surface area contributed by atoms with Crippen LogP contribution in [-0.4, -0.2) is 38.5 Å². The Morgan fingerprint density at radius 3 is 1.94 bits per heavy atom. The van der Waals surface area contributed by atoms with Crippen molar-refractivity contribution in [1.29, 1.82) is 0 Å². The van der Waals surface area contributed by atoms with Gasteiger partial charge in [-0.3, -0.25) is 0 Å². The van der Waals surface area contributed by atoms with Gasteiger partial charge in [-0.1, -0.05) is 13.8 Å². The molecule has 4 heteroatoms. The molecule has 96 valence electrons. The summed E-state index contributed by atoms with van der Waals surface area (Å²) in [5.74, 6) is 0.0828. The number of methoxy groups -OCH3 is 2. The van der Waals surface area contributed by atoms with E-state index >= 15 is 0 Å². The van der Waals surface area contributed by atoms with Gasteiger partial charge in [-0.15, -0.1) is 0 Å². The zero-order valence-corrected chi connectivity index (χ0v) is 11.1. The zero-order valence-electron chi connectivity index (χ0n) is 11.1. The molecule has 0 heterocycles. The molecule has 0 aliphatic heterocycles. The maximum absolute atomic E-state index is 11.7. The summed E-state index contributed by atoms with van der Waals surface area (Å²) in [5.41, 5.74) is 0. The second-order valence-electron chi connectivity index (χ2n) is 4.55. The second kappa shape index (κ2) is 7.63. The quantitative estimate of drug-likeness (QED) is 0.630. The van der Waals surface area contributed by atoms with Crippen LogP contribution in [0, 0.1) is 5.92 Å². The molecule has 0 saturated heterocycles. The molecule has 0 aromatic rings. The van der Waals surface area contributed by atoms with Crippen molar-refractivity contribution in [1.82, 2.24) is 0 Å². The van der Waals surface area contributed by atoms with Gasteiger partial charge in [-0.2, -0.15) is 0 Å². The highest BCUT2D eigenvalue weighted by atomic mass is 16.6. The van der Waals surface area contributed by atoms with Crippen molar-refractivity contribution in [2.45, 2.75) is 52.4 Å². The standard InChI is InChI=1S/C12H24O4/c1-8(2)7-10(14-5)11(15-6)12(13)16-9(3)4/h8-11H,7H2,1-6H3/t10-,11-/m0/s1. The van der Waals surface area contributed by atoms with Crippen molar-refractivity contribution < 1.29 is 19.0 Å². The smallest absolute Gasteiger partial charge is 0.338 e. The number of rotatable bonds is 7. The van der Waals surface area contributed by atoms with Crippen LogP contribution >= 0.6 is 0 Å². The van der Waals surface area contributed by atoms with Crippen molar-refractivity contribution in [3.05, 3.63) is 0 Å². The van der Waals surface area contributed by atoms with Crippen LogP contribution in [0.25, 0.3) is 0 Å². The van der Waals surface area contributed by atoms with E-state index < -0.39 is 6.10 Å². The van der Waals surface area contributed by atoms with E-state index in [1.54, 1.807) is 7.11 Å². The molecular weight excluding hydrogens is 208 g/mol. The van der Waals surface area contributed by atoms with Crippen LogP contribution in [0.15, 0.2) is 0 Å². The Balaban J connectivity index is 4.47. The molecule has 0 rings (SSSR count). The van der Waals surface area contributed by atoms with E-state index in [4.69, 9.17) is 14.2 Å². The highest BCUT2D eigenvalue weighted by Gasteiger charge is 2.30. The van der Waals surface area contributed by atoms with Gasteiger partial charge in [0.15, 0.2) is 6.10 Å². The minimum atomic E-state index is -0.644. The van der Waals surface area contributed by atoms with Crippen LogP contribution in [0.2, 0.25) is 0 Å². The van der Waals surface area contributed by atoms with E-state index in [2.05, 4.69) is 13.8 Å². The maximum atomic E-state index is 11.7. The SMILES string of the molecule is CO[C@@H](CC(C)C)[C@H](OC)C(=O)OC(C)C. The molecular formula is C12H24O4. The number of carbonyl (C=O) groups is 1. The van der Waals surface area contributed by atoms with E-state index in [0.29, 0.717) is 5.92 Å². The fraction of sp³-hybridized carbons (Fsp3) is 0.917. The lowest BCUT2D eigenvalue weighted by Gasteiger charge is -2.25. The average Bonchev–Trinajstić information content (AvgIpc) is 2.15. The predicted octanol–water partition coefficient (Wildman–Crippen LogP) is 2.01. The Morgan fingerprint density at radius 1 is 1.06 bits per heavy atom. The summed E-state index contributed by atoms with van der Waals surface area (Å²) < 4.78 is 15.6. The van der Waals surface area contributed by atoms with Crippen molar-refractivity contribution in [2.24, 2.45) is 5.92 Å². The number of carbonyl (C=O) groups excluding carboxylic acids is 1. The van der Waals surface area contributed by atoms with Crippen LogP contribution in [0.5, 0.6) is 0 Å². The topological polar surface area (TPSA) is 44.8 Å². The molecule has 0 bridgehead atoms. The van der Waals surface area contributed by atoms with E-state index in [1.165, 1.54) is 7.11 Å². The molecule has 0 fully saturated rings. The molecule has 0 aliphatic carbocycles. The van der Waals surface area contributed by atoms with Gasteiger partial charge in [0.2, 0.25) is 0 Å². The molecule has 2 atom stereocenters. The lowest BCUT2D eigenvalue weighted by Crippen LogP contribution is -2.40. The summed E-state index contributed by atoms with van der Waals surface area (Å²) in [4.78, 5) is 11.7. The Kier molecular flexibility index (Phi) is 7.34. The summed E-state index contributed by atoms with van der Waals surface area (Å²) in [7, 11) is 3.08. The van der Waals surface area contributed by atoms with Gasteiger partial charge in [0.05, 0.1) is 12.2 Å². The third-order valence-electron chi connectivity index (χ3n) is 2.18. The Labute approximate surface area is 98.3 Å². The molecule has 0 aliphatic rings. The summed E-state index contributed by atoms with van der Waals surface area (Å²) in [6, 6.07) is 0. The van der Waals surface area contributed by atoms with Gasteiger partial charge < -0.3 is 14.2 Å². The lowest BCUT2D eigenvalue weighted by atomic mass is 10.0. The number of ether oxygens (including phenoxy) is 3. The zero-order chi connectivity index (χ0) is 12.7. The Hall–Kier alpha value is -0.610. The first-order valence-electron chi connectivity index (χ1n) is 5.68. The maximum Gasteiger partial charge on any atom is 0.338 e. The van der Waals surface area contributed by atoms with Crippen LogP contribution in [-0.2, 0) is 19.0 Å². The molecule has 0 amide bonds. The first-order valence-corrected chi connectivity index (χ1v) is 5.68. The fourth-order valence-electron chi connectivity index (χ4n) is 1.51. The largest absolute Gasteiger partial charge is 0.461 e. The van der Waals surface area contributed by atoms with Gasteiger partial charge >= 0.3 is 5.97 Å². The molecule has 4 nitrogen and oxygen atoms in total. The van der Waals surface area contributed by atoms with Crippen molar-refractivity contribution in [2.75, 3.05) is 14.2 Å². The minimum Gasteiger partial charge on any atom is -0.461 e. The minimum absolute atomic E-state index is 0.137. The van der Waals surface area contributed by atoms with Crippen LogP contribution in [0.1, 0.15) is 34.1 Å². The molecule has 0 N–H and O–H groups in total. The van der Waals surface area contributed by atoms with Crippen molar-refractivity contribution in [3.63, 3.8) is 0 Å². The third kappa shape index (κ3) is 5.47. The summed E-state index contributed by atoms with van der Waals surface area (Å²) in [5, 5.41) is 0. The van der Waals surface area contributed by atoms with Gasteiger partial charge in [0.1, 0.15) is 0 Å². The van der Waals surface area contributed by atoms with Gasteiger partial charge in [0, 0.05) is 14.2 Å². The summed E-state index contributed by atoms with van der Waals surface area (Å²) in [6.07, 6.45) is -0.268. The monoisotopic (exact) mass is 232 g/mol. The summed E-state index contributed by atoms with van der Waals surface area (Å²) >= 11 is 0. The molecule has 0 unspecified atom stereocenters. The van der Waals surface area contributed by atoms with Crippen LogP contribution in [0.4, 0.5) is 0 Å². The van der Waals surface area contributed by atoms with Gasteiger partial charge in [-0.25, -0.2) is 4.79 Å². The first-order chi connectivity index (χ1) is 7.42. The van der Waals surface area contributed by atoms with Crippen molar-refractivity contribution in [3.8, 4) is 0 Å². The normalized spacial score (nSPS) is 15.2.